The molecule has 0 saturated heterocycles. The number of thioether (sulfide) groups is 1. The molecular formula is C26H26N4OS. The maximum Gasteiger partial charge on any atom is 0.315 e. The summed E-state index contributed by atoms with van der Waals surface area (Å²) in [7, 11) is 0. The first kappa shape index (κ1) is 21.7. The first-order valence-electron chi connectivity index (χ1n) is 10.5. The maximum absolute atomic E-state index is 12.3. The van der Waals surface area contributed by atoms with E-state index in [-0.39, 0.29) is 6.03 Å². The molecule has 0 aliphatic carbocycles. The quantitative estimate of drug-likeness (QED) is 0.363. The molecule has 6 heteroatoms. The number of hydrogen-bond donors (Lipinski definition) is 2. The van der Waals surface area contributed by atoms with Crippen molar-refractivity contribution in [3.05, 3.63) is 108 Å². The lowest BCUT2D eigenvalue weighted by molar-refractivity contribution is 0.240. The predicted octanol–water partition coefficient (Wildman–Crippen LogP) is 5.32. The molecule has 0 unspecified atom stereocenters. The molecule has 0 aliphatic heterocycles. The van der Waals surface area contributed by atoms with E-state index in [1.807, 2.05) is 41.4 Å². The summed E-state index contributed by atoms with van der Waals surface area (Å²) in [5, 5.41) is 5.91. The summed E-state index contributed by atoms with van der Waals surface area (Å²) in [4.78, 5) is 17.6. The van der Waals surface area contributed by atoms with Gasteiger partial charge in [0.05, 0.1) is 6.33 Å². The van der Waals surface area contributed by atoms with Crippen LogP contribution in [-0.2, 0) is 19.6 Å². The zero-order valence-corrected chi connectivity index (χ0v) is 18.8. The lowest BCUT2D eigenvalue weighted by Gasteiger charge is -2.13. The number of hydrogen-bond acceptors (Lipinski definition) is 3. The summed E-state index contributed by atoms with van der Waals surface area (Å²) in [6.07, 6.45) is 7.61. The molecule has 2 N–H and O–H groups in total. The molecule has 4 aromatic rings. The van der Waals surface area contributed by atoms with E-state index in [0.29, 0.717) is 13.1 Å². The minimum absolute atomic E-state index is 0.176. The van der Waals surface area contributed by atoms with Gasteiger partial charge < -0.3 is 15.2 Å². The van der Waals surface area contributed by atoms with Crippen LogP contribution in [-0.4, -0.2) is 21.8 Å². The molecule has 1 aromatic heterocycles. The summed E-state index contributed by atoms with van der Waals surface area (Å²) in [6, 6.07) is 24.7. The van der Waals surface area contributed by atoms with Gasteiger partial charge in [0.15, 0.2) is 0 Å². The lowest BCUT2D eigenvalue weighted by Crippen LogP contribution is -2.34. The van der Waals surface area contributed by atoms with E-state index in [1.165, 1.54) is 10.5 Å². The van der Waals surface area contributed by atoms with Crippen LogP contribution in [0.25, 0.3) is 11.1 Å². The average molecular weight is 443 g/mol. The van der Waals surface area contributed by atoms with Gasteiger partial charge in [0, 0.05) is 36.9 Å². The summed E-state index contributed by atoms with van der Waals surface area (Å²) in [6.45, 7) is 1.76. The van der Waals surface area contributed by atoms with Crippen LogP contribution in [0.3, 0.4) is 0 Å². The molecule has 162 valence electrons. The van der Waals surface area contributed by atoms with Crippen molar-refractivity contribution in [2.75, 3.05) is 6.26 Å². The fraction of sp³-hybridized carbons (Fsp3) is 0.154. The molecule has 0 fully saturated rings. The van der Waals surface area contributed by atoms with Crippen LogP contribution >= 0.6 is 11.8 Å². The van der Waals surface area contributed by atoms with Gasteiger partial charge in [-0.2, -0.15) is 0 Å². The highest BCUT2D eigenvalue weighted by Crippen LogP contribution is 2.24. The van der Waals surface area contributed by atoms with Gasteiger partial charge in [-0.25, -0.2) is 9.78 Å². The van der Waals surface area contributed by atoms with Crippen LogP contribution in [0, 0.1) is 0 Å². The molecule has 3 aromatic carbocycles. The third-order valence-corrected chi connectivity index (χ3v) is 6.00. The molecule has 0 radical (unpaired) electrons. The number of nitrogens with one attached hydrogen (secondary N) is 2. The predicted molar refractivity (Wildman–Crippen MR) is 131 cm³/mol. The van der Waals surface area contributed by atoms with Gasteiger partial charge in [-0.1, -0.05) is 60.7 Å². The Morgan fingerprint density at radius 2 is 1.62 bits per heavy atom. The summed E-state index contributed by atoms with van der Waals surface area (Å²) in [5.41, 5.74) is 5.62. The van der Waals surface area contributed by atoms with E-state index in [4.69, 9.17) is 0 Å². The molecule has 2 amide bonds. The molecule has 0 bridgehead atoms. The van der Waals surface area contributed by atoms with Gasteiger partial charge in [-0.05, 0) is 46.2 Å². The minimum Gasteiger partial charge on any atom is -0.334 e. The van der Waals surface area contributed by atoms with Crippen LogP contribution < -0.4 is 10.6 Å². The van der Waals surface area contributed by atoms with E-state index in [0.717, 1.165) is 28.8 Å². The highest BCUT2D eigenvalue weighted by molar-refractivity contribution is 7.98. The van der Waals surface area contributed by atoms with Crippen LogP contribution in [0.15, 0.2) is 96.4 Å². The number of amides is 2. The van der Waals surface area contributed by atoms with Crippen LogP contribution in [0.2, 0.25) is 0 Å². The molecule has 0 saturated carbocycles. The van der Waals surface area contributed by atoms with E-state index >= 15 is 0 Å². The van der Waals surface area contributed by atoms with Crippen molar-refractivity contribution in [2.24, 2.45) is 0 Å². The fourth-order valence-electron chi connectivity index (χ4n) is 3.50. The second-order valence-electron chi connectivity index (χ2n) is 7.47. The average Bonchev–Trinajstić information content (AvgIpc) is 3.35. The topological polar surface area (TPSA) is 59.0 Å². The largest absolute Gasteiger partial charge is 0.334 e. The standard InChI is InChI=1S/C26H26N4OS/c1-32-24-12-8-20(9-13-24)16-28-26(31)29-17-23-4-2-3-5-25(23)22-10-6-21(7-11-22)18-30-15-14-27-19-30/h2-15,19H,16-18H2,1H3,(H2,28,29,31). The minimum atomic E-state index is -0.176. The molecule has 0 spiro atoms. The fourth-order valence-corrected chi connectivity index (χ4v) is 3.91. The molecular weight excluding hydrogens is 416 g/mol. The Labute approximate surface area is 192 Å². The van der Waals surface area contributed by atoms with E-state index in [2.05, 4.69) is 70.4 Å². The maximum atomic E-state index is 12.3. The van der Waals surface area contributed by atoms with Crippen molar-refractivity contribution in [2.45, 2.75) is 24.5 Å². The van der Waals surface area contributed by atoms with Crippen molar-refractivity contribution in [1.82, 2.24) is 20.2 Å². The van der Waals surface area contributed by atoms with Crippen molar-refractivity contribution >= 4 is 17.8 Å². The van der Waals surface area contributed by atoms with Gasteiger partial charge >= 0.3 is 6.03 Å². The Morgan fingerprint density at radius 3 is 2.34 bits per heavy atom. The number of carbonyl (C=O) groups is 1. The molecule has 4 rings (SSSR count). The highest BCUT2D eigenvalue weighted by Gasteiger charge is 2.07. The monoisotopic (exact) mass is 442 g/mol. The van der Waals surface area contributed by atoms with Gasteiger partial charge in [-0.15, -0.1) is 11.8 Å². The summed E-state index contributed by atoms with van der Waals surface area (Å²) in [5.74, 6) is 0. The number of rotatable bonds is 8. The Kier molecular flexibility index (Phi) is 7.25. The molecule has 5 nitrogen and oxygen atoms in total. The third-order valence-electron chi connectivity index (χ3n) is 5.26. The second-order valence-corrected chi connectivity index (χ2v) is 8.35. The molecule has 0 atom stereocenters. The van der Waals surface area contributed by atoms with E-state index in [1.54, 1.807) is 18.0 Å². The Hall–Kier alpha value is -3.51. The number of imidazole rings is 1. The zero-order valence-electron chi connectivity index (χ0n) is 18.0. The number of carbonyl (C=O) groups excluding carboxylic acids is 1. The normalized spacial score (nSPS) is 10.7. The summed E-state index contributed by atoms with van der Waals surface area (Å²) < 4.78 is 2.04. The Morgan fingerprint density at radius 1 is 0.906 bits per heavy atom. The molecule has 32 heavy (non-hydrogen) atoms. The van der Waals surface area contributed by atoms with E-state index in [9.17, 15) is 4.79 Å². The van der Waals surface area contributed by atoms with Crippen molar-refractivity contribution in [3.8, 4) is 11.1 Å². The first-order chi connectivity index (χ1) is 15.7. The first-order valence-corrected chi connectivity index (χ1v) is 11.7. The number of aromatic nitrogens is 2. The second kappa shape index (κ2) is 10.7. The highest BCUT2D eigenvalue weighted by atomic mass is 32.2. The Bertz CT molecular complexity index is 1140. The van der Waals surface area contributed by atoms with Crippen LogP contribution in [0.4, 0.5) is 4.79 Å². The van der Waals surface area contributed by atoms with Gasteiger partial charge in [0.25, 0.3) is 0 Å². The number of nitrogens with zero attached hydrogens (tertiary/aromatic N) is 2. The number of benzene rings is 3. The zero-order chi connectivity index (χ0) is 22.2. The SMILES string of the molecule is CSc1ccc(CNC(=O)NCc2ccccc2-c2ccc(Cn3ccnc3)cc2)cc1. The van der Waals surface area contributed by atoms with Gasteiger partial charge in [-0.3, -0.25) is 0 Å². The Balaban J connectivity index is 1.35. The van der Waals surface area contributed by atoms with Gasteiger partial charge in [0.2, 0.25) is 0 Å². The van der Waals surface area contributed by atoms with Crippen LogP contribution in [0.1, 0.15) is 16.7 Å². The smallest absolute Gasteiger partial charge is 0.315 e. The van der Waals surface area contributed by atoms with Crippen LogP contribution in [0.5, 0.6) is 0 Å². The van der Waals surface area contributed by atoms with Crippen molar-refractivity contribution < 1.29 is 4.79 Å². The third kappa shape index (κ3) is 5.80. The van der Waals surface area contributed by atoms with Gasteiger partial charge in [0.1, 0.15) is 0 Å². The molecule has 1 heterocycles. The summed E-state index contributed by atoms with van der Waals surface area (Å²) >= 11 is 1.71. The molecule has 0 aliphatic rings. The van der Waals surface area contributed by atoms with E-state index < -0.39 is 0 Å². The number of urea groups is 1. The van der Waals surface area contributed by atoms with Crippen molar-refractivity contribution in [3.63, 3.8) is 0 Å². The lowest BCUT2D eigenvalue weighted by atomic mass is 9.98. The van der Waals surface area contributed by atoms with Crippen molar-refractivity contribution in [1.29, 1.82) is 0 Å².